The van der Waals surface area contributed by atoms with E-state index in [9.17, 15) is 31.1 Å². The summed E-state index contributed by atoms with van der Waals surface area (Å²) >= 11 is 0. The van der Waals surface area contributed by atoms with Crippen molar-refractivity contribution in [2.45, 2.75) is 33.1 Å². The highest BCUT2D eigenvalue weighted by Gasteiger charge is 2.35. The number of imidazole rings is 1. The third-order valence-electron chi connectivity index (χ3n) is 5.36. The van der Waals surface area contributed by atoms with Gasteiger partial charge in [-0.15, -0.1) is 0 Å². The Kier molecular flexibility index (Phi) is 6.06. The smallest absolute Gasteiger partial charge is 0.325 e. The third kappa shape index (κ3) is 5.19. The number of benzene rings is 2. The van der Waals surface area contributed by atoms with Crippen LogP contribution >= 0.6 is 0 Å². The molecular formula is C25H20F6N4O. The highest BCUT2D eigenvalue weighted by Crippen LogP contribution is 2.38. The Labute approximate surface area is 201 Å². The van der Waals surface area contributed by atoms with Gasteiger partial charge in [0.2, 0.25) is 5.91 Å². The molecule has 0 aliphatic carbocycles. The largest absolute Gasteiger partial charge is 0.418 e. The Hall–Kier alpha value is -3.89. The second-order valence-electron chi connectivity index (χ2n) is 9.19. The minimum absolute atomic E-state index is 0.240. The van der Waals surface area contributed by atoms with Crippen LogP contribution in [-0.4, -0.2) is 20.5 Å². The van der Waals surface area contributed by atoms with Crippen molar-refractivity contribution in [3.63, 3.8) is 0 Å². The van der Waals surface area contributed by atoms with Gasteiger partial charge in [0.05, 0.1) is 34.4 Å². The van der Waals surface area contributed by atoms with Crippen molar-refractivity contribution in [2.75, 3.05) is 5.32 Å². The van der Waals surface area contributed by atoms with E-state index in [2.05, 4.69) is 15.4 Å². The van der Waals surface area contributed by atoms with Gasteiger partial charge in [0.15, 0.2) is 5.65 Å². The Bertz CT molecular complexity index is 1450. The number of carbonyl (C=O) groups is 1. The minimum atomic E-state index is -4.70. The Balaban J connectivity index is 1.74. The summed E-state index contributed by atoms with van der Waals surface area (Å²) in [4.78, 5) is 16.7. The SMILES string of the molecule is CC(C)(C)C(=O)Nc1cc(-c2cn3nc(-c4cccc(C(F)(F)F)c4)ccc3n2)ccc1C(F)(F)F. The Morgan fingerprint density at radius 3 is 2.17 bits per heavy atom. The number of nitrogens with zero attached hydrogens (tertiary/aromatic N) is 3. The first-order chi connectivity index (χ1) is 16.6. The number of fused-ring (bicyclic) bond motifs is 1. The molecule has 1 amide bonds. The average Bonchev–Trinajstić information content (AvgIpc) is 3.20. The van der Waals surface area contributed by atoms with Gasteiger partial charge in [0.1, 0.15) is 0 Å². The molecule has 2 aromatic carbocycles. The van der Waals surface area contributed by atoms with E-state index in [1.165, 1.54) is 41.0 Å². The van der Waals surface area contributed by atoms with Crippen LogP contribution < -0.4 is 5.32 Å². The van der Waals surface area contributed by atoms with Crippen LogP contribution in [0.3, 0.4) is 0 Å². The van der Waals surface area contributed by atoms with Gasteiger partial charge >= 0.3 is 12.4 Å². The predicted octanol–water partition coefficient (Wildman–Crippen LogP) is 7.09. The number of amides is 1. The lowest BCUT2D eigenvalue weighted by Crippen LogP contribution is -2.28. The highest BCUT2D eigenvalue weighted by molar-refractivity contribution is 5.96. The zero-order valence-electron chi connectivity index (χ0n) is 19.3. The molecule has 36 heavy (non-hydrogen) atoms. The molecule has 0 aliphatic heterocycles. The summed E-state index contributed by atoms with van der Waals surface area (Å²) in [6.07, 6.45) is -7.76. The van der Waals surface area contributed by atoms with Crippen LogP contribution in [0, 0.1) is 5.41 Å². The number of anilines is 1. The molecule has 4 rings (SSSR count). The van der Waals surface area contributed by atoms with Crippen molar-refractivity contribution in [1.82, 2.24) is 14.6 Å². The summed E-state index contributed by atoms with van der Waals surface area (Å²) in [6, 6.07) is 11.0. The summed E-state index contributed by atoms with van der Waals surface area (Å²) < 4.78 is 81.2. The van der Waals surface area contributed by atoms with Crippen molar-refractivity contribution >= 4 is 17.2 Å². The molecule has 0 radical (unpaired) electrons. The van der Waals surface area contributed by atoms with E-state index in [0.29, 0.717) is 11.2 Å². The molecule has 2 heterocycles. The molecule has 0 atom stereocenters. The van der Waals surface area contributed by atoms with Crippen LogP contribution in [0.15, 0.2) is 60.8 Å². The first kappa shape index (κ1) is 25.2. The zero-order valence-corrected chi connectivity index (χ0v) is 19.3. The quantitative estimate of drug-likeness (QED) is 0.302. The average molecular weight is 506 g/mol. The highest BCUT2D eigenvalue weighted by atomic mass is 19.4. The first-order valence-corrected chi connectivity index (χ1v) is 10.7. The summed E-state index contributed by atoms with van der Waals surface area (Å²) in [5.74, 6) is -0.590. The van der Waals surface area contributed by atoms with E-state index in [1.54, 1.807) is 26.8 Å². The van der Waals surface area contributed by atoms with E-state index in [4.69, 9.17) is 0 Å². The Morgan fingerprint density at radius 2 is 1.53 bits per heavy atom. The molecule has 0 saturated carbocycles. The Morgan fingerprint density at radius 1 is 0.833 bits per heavy atom. The second-order valence-corrected chi connectivity index (χ2v) is 9.19. The van der Waals surface area contributed by atoms with Gasteiger partial charge in [-0.3, -0.25) is 4.79 Å². The monoisotopic (exact) mass is 506 g/mol. The molecule has 0 spiro atoms. The van der Waals surface area contributed by atoms with E-state index in [-0.39, 0.29) is 17.0 Å². The number of aromatic nitrogens is 3. The molecule has 1 N–H and O–H groups in total. The minimum Gasteiger partial charge on any atom is -0.325 e. The van der Waals surface area contributed by atoms with Gasteiger partial charge in [-0.25, -0.2) is 9.50 Å². The summed E-state index contributed by atoms with van der Waals surface area (Å²) in [5, 5.41) is 6.66. The first-order valence-electron chi connectivity index (χ1n) is 10.7. The van der Waals surface area contributed by atoms with Gasteiger partial charge in [-0.05, 0) is 36.4 Å². The fourth-order valence-corrected chi connectivity index (χ4v) is 3.39. The van der Waals surface area contributed by atoms with E-state index >= 15 is 0 Å². The van der Waals surface area contributed by atoms with E-state index in [0.717, 1.165) is 18.2 Å². The maximum Gasteiger partial charge on any atom is 0.418 e. The van der Waals surface area contributed by atoms with Gasteiger partial charge in [-0.2, -0.15) is 31.4 Å². The number of halogens is 6. The molecule has 0 bridgehead atoms. The molecule has 0 saturated heterocycles. The van der Waals surface area contributed by atoms with Crippen molar-refractivity contribution in [3.05, 3.63) is 71.9 Å². The maximum absolute atomic E-state index is 13.6. The molecular weight excluding hydrogens is 486 g/mol. The van der Waals surface area contributed by atoms with Gasteiger partial charge in [-0.1, -0.05) is 39.0 Å². The fourth-order valence-electron chi connectivity index (χ4n) is 3.39. The fraction of sp³-hybridized carbons (Fsp3) is 0.240. The van der Waals surface area contributed by atoms with Crippen LogP contribution in [0.2, 0.25) is 0 Å². The van der Waals surface area contributed by atoms with Crippen molar-refractivity contribution in [3.8, 4) is 22.5 Å². The lowest BCUT2D eigenvalue weighted by atomic mass is 9.95. The number of hydrogen-bond donors (Lipinski definition) is 1. The molecule has 0 aliphatic rings. The standard InChI is InChI=1S/C25H20F6N4O/c1-23(2,3)22(36)33-19-12-15(7-8-17(19)25(29,30)31)20-13-35-21(32-20)10-9-18(34-35)14-5-4-6-16(11-14)24(26,27)28/h4-13H,1-3H3,(H,33,36). The van der Waals surface area contributed by atoms with Crippen LogP contribution in [0.25, 0.3) is 28.2 Å². The van der Waals surface area contributed by atoms with Crippen molar-refractivity contribution in [1.29, 1.82) is 0 Å². The van der Waals surface area contributed by atoms with Gasteiger partial charge in [0.25, 0.3) is 0 Å². The van der Waals surface area contributed by atoms with Gasteiger partial charge in [0, 0.05) is 16.5 Å². The molecule has 0 unspecified atom stereocenters. The third-order valence-corrected chi connectivity index (χ3v) is 5.36. The molecule has 0 fully saturated rings. The van der Waals surface area contributed by atoms with E-state index < -0.39 is 40.5 Å². The number of nitrogens with one attached hydrogen (secondary N) is 1. The molecule has 5 nitrogen and oxygen atoms in total. The van der Waals surface area contributed by atoms with Crippen molar-refractivity contribution in [2.24, 2.45) is 5.41 Å². The number of alkyl halides is 6. The zero-order chi connectivity index (χ0) is 26.5. The molecule has 4 aromatic rings. The number of carbonyl (C=O) groups excluding carboxylic acids is 1. The number of rotatable bonds is 3. The summed E-state index contributed by atoms with van der Waals surface area (Å²) in [7, 11) is 0. The van der Waals surface area contributed by atoms with Crippen LogP contribution in [0.4, 0.5) is 32.0 Å². The van der Waals surface area contributed by atoms with Gasteiger partial charge < -0.3 is 5.32 Å². The lowest BCUT2D eigenvalue weighted by Gasteiger charge is -2.20. The maximum atomic E-state index is 13.6. The lowest BCUT2D eigenvalue weighted by molar-refractivity contribution is -0.138. The van der Waals surface area contributed by atoms with Crippen molar-refractivity contribution < 1.29 is 31.1 Å². The second kappa shape index (κ2) is 8.65. The normalized spacial score (nSPS) is 12.7. The van der Waals surface area contributed by atoms with E-state index in [1.807, 2.05) is 0 Å². The molecule has 2 aromatic heterocycles. The summed E-state index contributed by atoms with van der Waals surface area (Å²) in [6.45, 7) is 4.74. The topological polar surface area (TPSA) is 59.3 Å². The van der Waals surface area contributed by atoms with Crippen LogP contribution in [0.5, 0.6) is 0 Å². The molecule has 11 heteroatoms. The number of hydrogen-bond acceptors (Lipinski definition) is 3. The van der Waals surface area contributed by atoms with Crippen LogP contribution in [0.1, 0.15) is 31.9 Å². The summed E-state index contributed by atoms with van der Waals surface area (Å²) in [5.41, 5.74) is -1.77. The predicted molar refractivity (Wildman–Crippen MR) is 122 cm³/mol. The molecule has 188 valence electrons. The van der Waals surface area contributed by atoms with Crippen LogP contribution in [-0.2, 0) is 17.1 Å².